The summed E-state index contributed by atoms with van der Waals surface area (Å²) in [7, 11) is 0. The number of guanidine groups is 2. The maximum atomic E-state index is 13.9. The number of halogens is 3. The van der Waals surface area contributed by atoms with E-state index in [1.807, 2.05) is 6.07 Å². The van der Waals surface area contributed by atoms with Crippen LogP contribution in [0.2, 0.25) is 0 Å². The summed E-state index contributed by atoms with van der Waals surface area (Å²) in [6.07, 6.45) is 0. The maximum absolute atomic E-state index is 13.9. The summed E-state index contributed by atoms with van der Waals surface area (Å²) >= 11 is 0. The Bertz CT molecular complexity index is 1180. The van der Waals surface area contributed by atoms with Gasteiger partial charge >= 0.3 is 6.03 Å². The van der Waals surface area contributed by atoms with Crippen molar-refractivity contribution in [3.63, 3.8) is 0 Å². The van der Waals surface area contributed by atoms with Crippen molar-refractivity contribution in [1.29, 1.82) is 5.26 Å². The molecular formula is C21H17F3N6O2. The molecule has 1 atom stereocenters. The molecule has 2 heterocycles. The minimum Gasteiger partial charge on any atom is -0.395 e. The number of hydrogen-bond acceptors (Lipinski definition) is 6. The molecule has 2 aliphatic rings. The van der Waals surface area contributed by atoms with Crippen LogP contribution in [0.3, 0.4) is 0 Å². The first kappa shape index (κ1) is 21.3. The third kappa shape index (κ3) is 3.65. The van der Waals surface area contributed by atoms with Gasteiger partial charge in [0.15, 0.2) is 17.5 Å². The molecule has 0 radical (unpaired) electrons. The molecule has 0 aromatic heterocycles. The van der Waals surface area contributed by atoms with Gasteiger partial charge in [-0.25, -0.2) is 23.0 Å². The standard InChI is InChI=1S/C21H17F3N6O2/c1-11-2-3-12(9-25)6-16(11)27-19-28-21(32)29(4-5-31)20-26-10-17(30(19)20)13-7-14(22)18(24)15(23)8-13/h2-3,6-8,17,31H,4-5,10H2,1H3,(H,27,28,32). The smallest absolute Gasteiger partial charge is 0.353 e. The molecule has 11 heteroatoms. The normalized spacial score (nSPS) is 17.6. The molecule has 0 bridgehead atoms. The Morgan fingerprint density at radius 3 is 2.62 bits per heavy atom. The molecule has 0 fully saturated rings. The monoisotopic (exact) mass is 442 g/mol. The van der Waals surface area contributed by atoms with Crippen LogP contribution in [-0.4, -0.2) is 52.6 Å². The molecule has 0 saturated carbocycles. The zero-order valence-corrected chi connectivity index (χ0v) is 16.8. The van der Waals surface area contributed by atoms with Crippen LogP contribution in [0.5, 0.6) is 0 Å². The average molecular weight is 442 g/mol. The lowest BCUT2D eigenvalue weighted by Crippen LogP contribution is -2.55. The van der Waals surface area contributed by atoms with Crippen LogP contribution in [0.25, 0.3) is 0 Å². The van der Waals surface area contributed by atoms with E-state index in [1.54, 1.807) is 25.1 Å². The Morgan fingerprint density at radius 2 is 1.97 bits per heavy atom. The van der Waals surface area contributed by atoms with Crippen LogP contribution in [0.1, 0.15) is 22.7 Å². The molecule has 2 aromatic carbocycles. The average Bonchev–Trinajstić information content (AvgIpc) is 3.21. The summed E-state index contributed by atoms with van der Waals surface area (Å²) in [4.78, 5) is 23.5. The van der Waals surface area contributed by atoms with Crippen LogP contribution in [-0.2, 0) is 0 Å². The number of rotatable bonds is 4. The lowest BCUT2D eigenvalue weighted by Gasteiger charge is -2.36. The van der Waals surface area contributed by atoms with E-state index in [9.17, 15) is 28.3 Å². The number of benzene rings is 2. The Hall–Kier alpha value is -3.91. The fourth-order valence-electron chi connectivity index (χ4n) is 3.57. The molecule has 4 rings (SSSR count). The summed E-state index contributed by atoms with van der Waals surface area (Å²) in [6, 6.07) is 7.19. The predicted molar refractivity (Wildman–Crippen MR) is 109 cm³/mol. The number of nitrogens with one attached hydrogen (secondary N) is 1. The molecule has 8 nitrogen and oxygen atoms in total. The van der Waals surface area contributed by atoms with E-state index in [4.69, 9.17) is 0 Å². The minimum absolute atomic E-state index is 0.00692. The second-order valence-electron chi connectivity index (χ2n) is 7.18. The zero-order valence-electron chi connectivity index (χ0n) is 16.8. The minimum atomic E-state index is -1.58. The highest BCUT2D eigenvalue weighted by molar-refractivity contribution is 6.17. The topological polar surface area (TPSA) is 104 Å². The van der Waals surface area contributed by atoms with Gasteiger partial charge in [0.25, 0.3) is 0 Å². The van der Waals surface area contributed by atoms with E-state index in [0.29, 0.717) is 11.3 Å². The van der Waals surface area contributed by atoms with Crippen LogP contribution < -0.4 is 5.32 Å². The van der Waals surface area contributed by atoms with Gasteiger partial charge < -0.3 is 10.4 Å². The highest BCUT2D eigenvalue weighted by Crippen LogP contribution is 2.33. The molecule has 2 aliphatic heterocycles. The molecular weight excluding hydrogens is 425 g/mol. The lowest BCUT2D eigenvalue weighted by atomic mass is 10.1. The summed E-state index contributed by atoms with van der Waals surface area (Å²) in [6.45, 7) is 1.35. The molecule has 2 aromatic rings. The van der Waals surface area contributed by atoms with Crippen molar-refractivity contribution in [2.45, 2.75) is 13.0 Å². The van der Waals surface area contributed by atoms with Crippen molar-refractivity contribution in [3.05, 3.63) is 64.5 Å². The Kier molecular flexibility index (Phi) is 5.54. The summed E-state index contributed by atoms with van der Waals surface area (Å²) in [5.74, 6) is -4.13. The van der Waals surface area contributed by atoms with Gasteiger partial charge in [-0.1, -0.05) is 6.07 Å². The zero-order chi connectivity index (χ0) is 23.0. The number of carbonyl (C=O) groups is 1. The van der Waals surface area contributed by atoms with E-state index in [1.165, 1.54) is 4.90 Å². The molecule has 2 N–H and O–H groups in total. The lowest BCUT2D eigenvalue weighted by molar-refractivity contribution is 0.206. The number of fused-ring (bicyclic) bond motifs is 1. The third-order valence-corrected chi connectivity index (χ3v) is 5.16. The van der Waals surface area contributed by atoms with E-state index < -0.39 is 29.5 Å². The number of aliphatic imine (C=N–C) groups is 2. The van der Waals surface area contributed by atoms with E-state index >= 15 is 0 Å². The number of nitriles is 1. The predicted octanol–water partition coefficient (Wildman–Crippen LogP) is 2.89. The molecule has 0 spiro atoms. The molecule has 164 valence electrons. The molecule has 1 unspecified atom stereocenters. The third-order valence-electron chi connectivity index (χ3n) is 5.16. The van der Waals surface area contributed by atoms with Gasteiger partial charge in [0.05, 0.1) is 37.4 Å². The molecule has 2 amide bonds. The quantitative estimate of drug-likeness (QED) is 0.709. The van der Waals surface area contributed by atoms with Crippen molar-refractivity contribution in [2.75, 3.05) is 25.0 Å². The second-order valence-corrected chi connectivity index (χ2v) is 7.18. The van der Waals surface area contributed by atoms with Crippen LogP contribution in [0.15, 0.2) is 40.3 Å². The number of nitrogens with zero attached hydrogens (tertiary/aromatic N) is 5. The fourth-order valence-corrected chi connectivity index (χ4v) is 3.57. The number of β-amino-alcohol motifs (C(OH)–C–C–N with tert-alkyl or cyclic N) is 1. The molecule has 32 heavy (non-hydrogen) atoms. The first-order valence-corrected chi connectivity index (χ1v) is 9.61. The fraction of sp³-hybridized carbons (Fsp3) is 0.238. The Labute approximate surface area is 180 Å². The van der Waals surface area contributed by atoms with Gasteiger partial charge in [-0.15, -0.1) is 0 Å². The first-order chi connectivity index (χ1) is 15.3. The number of urea groups is 1. The number of amides is 2. The number of aliphatic hydroxyl groups excluding tert-OH is 1. The Balaban J connectivity index is 1.78. The van der Waals surface area contributed by atoms with E-state index in [-0.39, 0.29) is 37.2 Å². The number of carbonyl (C=O) groups excluding carboxylic acids is 1. The van der Waals surface area contributed by atoms with Crippen molar-refractivity contribution < 1.29 is 23.1 Å². The van der Waals surface area contributed by atoms with Gasteiger partial charge in [-0.05, 0) is 42.3 Å². The highest BCUT2D eigenvalue weighted by atomic mass is 19.2. The molecule has 0 saturated heterocycles. The van der Waals surface area contributed by atoms with Gasteiger partial charge in [-0.3, -0.25) is 9.80 Å². The van der Waals surface area contributed by atoms with Crippen molar-refractivity contribution in [2.24, 2.45) is 9.98 Å². The Morgan fingerprint density at radius 1 is 1.25 bits per heavy atom. The van der Waals surface area contributed by atoms with Crippen LogP contribution in [0.4, 0.5) is 23.7 Å². The number of aryl methyl sites for hydroxylation is 1. The number of hydrogen-bond donors (Lipinski definition) is 2. The van der Waals surface area contributed by atoms with Crippen molar-refractivity contribution in [3.8, 4) is 6.07 Å². The molecule has 0 aliphatic carbocycles. The van der Waals surface area contributed by atoms with Crippen molar-refractivity contribution >= 4 is 23.6 Å². The van der Waals surface area contributed by atoms with Crippen LogP contribution in [0, 0.1) is 35.7 Å². The van der Waals surface area contributed by atoms with Crippen LogP contribution >= 0.6 is 0 Å². The van der Waals surface area contributed by atoms with Gasteiger partial charge in [0, 0.05) is 5.69 Å². The number of anilines is 1. The summed E-state index contributed by atoms with van der Waals surface area (Å²) in [5, 5.41) is 21.5. The summed E-state index contributed by atoms with van der Waals surface area (Å²) < 4.78 is 41.3. The maximum Gasteiger partial charge on any atom is 0.353 e. The van der Waals surface area contributed by atoms with E-state index in [2.05, 4.69) is 15.3 Å². The van der Waals surface area contributed by atoms with Gasteiger partial charge in [0.1, 0.15) is 0 Å². The van der Waals surface area contributed by atoms with Gasteiger partial charge in [-0.2, -0.15) is 10.3 Å². The van der Waals surface area contributed by atoms with Gasteiger partial charge in [0.2, 0.25) is 11.9 Å². The van der Waals surface area contributed by atoms with E-state index in [0.717, 1.165) is 22.6 Å². The summed E-state index contributed by atoms with van der Waals surface area (Å²) in [5.41, 5.74) is 1.71. The first-order valence-electron chi connectivity index (χ1n) is 9.61. The second kappa shape index (κ2) is 8.32. The number of aliphatic hydroxyl groups is 1. The largest absolute Gasteiger partial charge is 0.395 e. The SMILES string of the molecule is Cc1ccc(C#N)cc1NC1=NC(=O)N(CCO)C2=NCC(c3cc(F)c(F)c(F)c3)N12. The van der Waals surface area contributed by atoms with Crippen molar-refractivity contribution in [1.82, 2.24) is 9.80 Å². The highest BCUT2D eigenvalue weighted by Gasteiger charge is 2.42.